The number of rotatable bonds is 4. The number of carbonyl (C=O) groups is 1. The second-order valence-corrected chi connectivity index (χ2v) is 5.13. The number of aryl methyl sites for hydroxylation is 1. The number of hydrogen-bond donors (Lipinski definition) is 0. The molecule has 0 bridgehead atoms. The lowest BCUT2D eigenvalue weighted by molar-refractivity contribution is 0.0471. The van der Waals surface area contributed by atoms with Crippen LogP contribution in [0.25, 0.3) is 0 Å². The Morgan fingerprint density at radius 2 is 1.89 bits per heavy atom. The van der Waals surface area contributed by atoms with Gasteiger partial charge in [-0.15, -0.1) is 0 Å². The fourth-order valence-corrected chi connectivity index (χ4v) is 2.26. The topological polar surface area (TPSA) is 26.3 Å². The molecule has 19 heavy (non-hydrogen) atoms. The summed E-state index contributed by atoms with van der Waals surface area (Å²) in [7, 11) is 0. The molecule has 0 aliphatic rings. The molecule has 0 saturated carbocycles. The Labute approximate surface area is 121 Å². The predicted octanol–water partition coefficient (Wildman–Crippen LogP) is 4.37. The number of halogens is 1. The van der Waals surface area contributed by atoms with Gasteiger partial charge in [0.2, 0.25) is 0 Å². The van der Waals surface area contributed by atoms with Crippen molar-refractivity contribution in [1.29, 1.82) is 0 Å². The van der Waals surface area contributed by atoms with E-state index in [-0.39, 0.29) is 5.97 Å². The van der Waals surface area contributed by atoms with Gasteiger partial charge in [-0.1, -0.05) is 53.2 Å². The average molecular weight is 319 g/mol. The first-order chi connectivity index (χ1) is 9.20. The summed E-state index contributed by atoms with van der Waals surface area (Å²) >= 11 is 3.41. The lowest BCUT2D eigenvalue weighted by Gasteiger charge is -2.09. The van der Waals surface area contributed by atoms with Gasteiger partial charge in [-0.2, -0.15) is 0 Å². The van der Waals surface area contributed by atoms with Crippen molar-refractivity contribution in [3.05, 3.63) is 69.7 Å². The zero-order valence-corrected chi connectivity index (χ0v) is 12.3. The molecule has 0 aromatic heterocycles. The number of carbonyl (C=O) groups excluding carboxylic acids is 1. The first kappa shape index (κ1) is 13.8. The molecule has 0 N–H and O–H groups in total. The third-order valence-corrected chi connectivity index (χ3v) is 3.37. The molecule has 0 aliphatic carbocycles. The van der Waals surface area contributed by atoms with Gasteiger partial charge in [0.1, 0.15) is 6.61 Å². The van der Waals surface area contributed by atoms with Gasteiger partial charge in [0.25, 0.3) is 0 Å². The molecular formula is C16H15BrO2. The minimum Gasteiger partial charge on any atom is -0.457 e. The Hall–Kier alpha value is -1.61. The zero-order chi connectivity index (χ0) is 13.7. The molecule has 0 spiro atoms. The molecule has 0 heterocycles. The smallest absolute Gasteiger partial charge is 0.338 e. The maximum absolute atomic E-state index is 12.1. The predicted molar refractivity (Wildman–Crippen MR) is 79.1 cm³/mol. The third-order valence-electron chi connectivity index (χ3n) is 2.88. The average Bonchev–Trinajstić information content (AvgIpc) is 2.45. The van der Waals surface area contributed by atoms with Gasteiger partial charge in [0.05, 0.1) is 5.56 Å². The molecule has 2 aromatic rings. The van der Waals surface area contributed by atoms with E-state index in [0.717, 1.165) is 22.0 Å². The van der Waals surface area contributed by atoms with Crippen molar-refractivity contribution in [2.24, 2.45) is 0 Å². The monoisotopic (exact) mass is 318 g/mol. The number of esters is 1. The van der Waals surface area contributed by atoms with Gasteiger partial charge in [0, 0.05) is 4.47 Å². The molecule has 3 heteroatoms. The normalized spacial score (nSPS) is 10.2. The second-order valence-electron chi connectivity index (χ2n) is 4.22. The first-order valence-electron chi connectivity index (χ1n) is 6.20. The van der Waals surface area contributed by atoms with Crippen molar-refractivity contribution in [2.75, 3.05) is 0 Å². The molecule has 0 fully saturated rings. The summed E-state index contributed by atoms with van der Waals surface area (Å²) in [6.45, 7) is 2.33. The van der Waals surface area contributed by atoms with Crippen molar-refractivity contribution >= 4 is 21.9 Å². The van der Waals surface area contributed by atoms with Gasteiger partial charge in [0.15, 0.2) is 0 Å². The largest absolute Gasteiger partial charge is 0.457 e. The summed E-state index contributed by atoms with van der Waals surface area (Å²) in [6.07, 6.45) is 0.801. The molecule has 0 atom stereocenters. The molecule has 0 amide bonds. The Morgan fingerprint density at radius 1 is 1.16 bits per heavy atom. The molecule has 0 radical (unpaired) electrons. The van der Waals surface area contributed by atoms with Crippen LogP contribution < -0.4 is 0 Å². The number of hydrogen-bond acceptors (Lipinski definition) is 2. The van der Waals surface area contributed by atoms with E-state index in [4.69, 9.17) is 4.74 Å². The lowest BCUT2D eigenvalue weighted by Crippen LogP contribution is -2.08. The standard InChI is InChI=1S/C16H15BrO2/c1-2-13-10-14(17)8-9-15(13)16(18)19-11-12-6-4-3-5-7-12/h3-10H,2,11H2,1H3. The van der Waals surface area contributed by atoms with Crippen molar-refractivity contribution in [2.45, 2.75) is 20.0 Å². The van der Waals surface area contributed by atoms with Crippen LogP contribution in [0.2, 0.25) is 0 Å². The summed E-state index contributed by atoms with van der Waals surface area (Å²) in [5, 5.41) is 0. The third kappa shape index (κ3) is 3.67. The summed E-state index contributed by atoms with van der Waals surface area (Å²) < 4.78 is 6.32. The van der Waals surface area contributed by atoms with Crippen LogP contribution in [0.4, 0.5) is 0 Å². The van der Waals surface area contributed by atoms with E-state index in [0.29, 0.717) is 12.2 Å². The highest BCUT2D eigenvalue weighted by Crippen LogP contribution is 2.18. The number of benzene rings is 2. The van der Waals surface area contributed by atoms with Gasteiger partial charge in [-0.25, -0.2) is 4.79 Å². The Bertz CT molecular complexity index is 564. The van der Waals surface area contributed by atoms with Gasteiger partial charge in [-0.05, 0) is 35.7 Å². The quantitative estimate of drug-likeness (QED) is 0.782. The maximum Gasteiger partial charge on any atom is 0.338 e. The SMILES string of the molecule is CCc1cc(Br)ccc1C(=O)OCc1ccccc1. The van der Waals surface area contributed by atoms with Gasteiger partial charge >= 0.3 is 5.97 Å². The fraction of sp³-hybridized carbons (Fsp3) is 0.188. The van der Waals surface area contributed by atoms with Crippen LogP contribution >= 0.6 is 15.9 Å². The summed E-state index contributed by atoms with van der Waals surface area (Å²) in [4.78, 5) is 12.1. The maximum atomic E-state index is 12.1. The van der Waals surface area contributed by atoms with Crippen molar-refractivity contribution < 1.29 is 9.53 Å². The molecule has 2 aromatic carbocycles. The Kier molecular flexibility index (Phi) is 4.74. The van der Waals surface area contributed by atoms with Gasteiger partial charge in [-0.3, -0.25) is 0 Å². The Morgan fingerprint density at radius 3 is 2.58 bits per heavy atom. The molecule has 0 unspecified atom stereocenters. The van der Waals surface area contributed by atoms with Gasteiger partial charge < -0.3 is 4.74 Å². The van der Waals surface area contributed by atoms with Crippen molar-refractivity contribution in [3.63, 3.8) is 0 Å². The first-order valence-corrected chi connectivity index (χ1v) is 6.99. The van der Waals surface area contributed by atoms with Crippen LogP contribution in [0.5, 0.6) is 0 Å². The van der Waals surface area contributed by atoms with E-state index >= 15 is 0 Å². The summed E-state index contributed by atoms with van der Waals surface area (Å²) in [6, 6.07) is 15.3. The van der Waals surface area contributed by atoms with E-state index in [1.54, 1.807) is 6.07 Å². The molecule has 2 rings (SSSR count). The number of ether oxygens (including phenoxy) is 1. The molecule has 2 nitrogen and oxygen atoms in total. The van der Waals surface area contributed by atoms with Crippen LogP contribution in [0.15, 0.2) is 53.0 Å². The van der Waals surface area contributed by atoms with Crippen LogP contribution in [-0.4, -0.2) is 5.97 Å². The zero-order valence-electron chi connectivity index (χ0n) is 10.7. The molecule has 98 valence electrons. The van der Waals surface area contributed by atoms with Crippen LogP contribution in [0.1, 0.15) is 28.4 Å². The van der Waals surface area contributed by atoms with Crippen LogP contribution in [-0.2, 0) is 17.8 Å². The van der Waals surface area contributed by atoms with Crippen molar-refractivity contribution in [3.8, 4) is 0 Å². The highest BCUT2D eigenvalue weighted by atomic mass is 79.9. The fourth-order valence-electron chi connectivity index (χ4n) is 1.85. The minimum atomic E-state index is -0.270. The van der Waals surface area contributed by atoms with Crippen molar-refractivity contribution in [1.82, 2.24) is 0 Å². The molecule has 0 aliphatic heterocycles. The van der Waals surface area contributed by atoms with Crippen LogP contribution in [0, 0.1) is 0 Å². The summed E-state index contributed by atoms with van der Waals surface area (Å²) in [5.74, 6) is -0.270. The molecule has 0 saturated heterocycles. The lowest BCUT2D eigenvalue weighted by atomic mass is 10.1. The van der Waals surface area contributed by atoms with E-state index < -0.39 is 0 Å². The molecular weight excluding hydrogens is 304 g/mol. The minimum absolute atomic E-state index is 0.270. The van der Waals surface area contributed by atoms with Crippen LogP contribution in [0.3, 0.4) is 0 Å². The van der Waals surface area contributed by atoms with E-state index in [9.17, 15) is 4.79 Å². The van der Waals surface area contributed by atoms with E-state index in [1.165, 1.54) is 0 Å². The Balaban J connectivity index is 2.08. The van der Waals surface area contributed by atoms with E-state index in [2.05, 4.69) is 15.9 Å². The second kappa shape index (κ2) is 6.53. The highest BCUT2D eigenvalue weighted by Gasteiger charge is 2.12. The van der Waals surface area contributed by atoms with E-state index in [1.807, 2.05) is 49.4 Å². The summed E-state index contributed by atoms with van der Waals surface area (Å²) in [5.41, 5.74) is 2.63. The highest BCUT2D eigenvalue weighted by molar-refractivity contribution is 9.10.